The Bertz CT molecular complexity index is 471. The second kappa shape index (κ2) is 5.95. The van der Waals surface area contributed by atoms with E-state index in [4.69, 9.17) is 0 Å². The van der Waals surface area contributed by atoms with Gasteiger partial charge in [-0.15, -0.1) is 0 Å². The predicted octanol–water partition coefficient (Wildman–Crippen LogP) is 2.96. The summed E-state index contributed by atoms with van der Waals surface area (Å²) < 4.78 is 66.5. The molecule has 1 saturated heterocycles. The van der Waals surface area contributed by atoms with Gasteiger partial charge in [-0.1, -0.05) is 6.42 Å². The van der Waals surface area contributed by atoms with Crippen molar-refractivity contribution < 1.29 is 22.0 Å². The summed E-state index contributed by atoms with van der Waals surface area (Å²) in [5.74, 6) is -9.54. The van der Waals surface area contributed by atoms with Gasteiger partial charge in [-0.25, -0.2) is 22.0 Å². The molecule has 1 aromatic carbocycles. The number of benzene rings is 1. The molecule has 0 bridgehead atoms. The lowest BCUT2D eigenvalue weighted by Crippen LogP contribution is -2.43. The Morgan fingerprint density at radius 1 is 0.950 bits per heavy atom. The Morgan fingerprint density at radius 3 is 2.00 bits per heavy atom. The smallest absolute Gasteiger partial charge is 0.200 e. The fourth-order valence-corrected chi connectivity index (χ4v) is 2.43. The van der Waals surface area contributed by atoms with Crippen LogP contribution in [-0.4, -0.2) is 26.2 Å². The monoisotopic (exact) mass is 294 g/mol. The molecular weight excluding hydrogens is 279 g/mol. The largest absolute Gasteiger partial charge is 0.368 e. The van der Waals surface area contributed by atoms with E-state index in [9.17, 15) is 22.0 Å². The van der Waals surface area contributed by atoms with E-state index < -0.39 is 34.8 Å². The van der Waals surface area contributed by atoms with E-state index in [-0.39, 0.29) is 12.6 Å². The number of nitrogens with zero attached hydrogens (tertiary/aromatic N) is 1. The summed E-state index contributed by atoms with van der Waals surface area (Å²) in [4.78, 5) is 1.07. The van der Waals surface area contributed by atoms with Crippen molar-refractivity contribution in [2.24, 2.45) is 0 Å². The van der Waals surface area contributed by atoms with Crippen molar-refractivity contribution in [1.82, 2.24) is 5.32 Å². The number of halogens is 5. The summed E-state index contributed by atoms with van der Waals surface area (Å²) >= 11 is 0. The van der Waals surface area contributed by atoms with Crippen molar-refractivity contribution in [2.45, 2.75) is 25.3 Å². The SMILES string of the molecule is CN(CC1CCCCN1)c1c(F)c(F)c(F)c(F)c1F. The van der Waals surface area contributed by atoms with E-state index in [2.05, 4.69) is 5.32 Å². The van der Waals surface area contributed by atoms with Crippen LogP contribution in [0.1, 0.15) is 19.3 Å². The molecule has 1 heterocycles. The second-order valence-corrected chi connectivity index (χ2v) is 4.95. The lowest BCUT2D eigenvalue weighted by atomic mass is 10.0. The third-order valence-electron chi connectivity index (χ3n) is 3.47. The standard InChI is InChI=1S/C13H15F5N2/c1-20(6-7-4-2-3-5-19-7)13-11(17)9(15)8(14)10(16)12(13)18/h7,19H,2-6H2,1H3. The van der Waals surface area contributed by atoms with Gasteiger partial charge >= 0.3 is 0 Å². The quantitative estimate of drug-likeness (QED) is 0.524. The number of piperidine rings is 1. The average Bonchev–Trinajstić information content (AvgIpc) is 2.44. The highest BCUT2D eigenvalue weighted by molar-refractivity contribution is 5.50. The summed E-state index contributed by atoms with van der Waals surface area (Å²) in [6.45, 7) is 0.966. The maximum Gasteiger partial charge on any atom is 0.200 e. The summed E-state index contributed by atoms with van der Waals surface area (Å²) in [6, 6.07) is -0.0243. The molecule has 1 N–H and O–H groups in total. The second-order valence-electron chi connectivity index (χ2n) is 4.95. The van der Waals surface area contributed by atoms with Crippen LogP contribution in [-0.2, 0) is 0 Å². The van der Waals surface area contributed by atoms with Gasteiger partial charge in [0.1, 0.15) is 5.69 Å². The van der Waals surface area contributed by atoms with Crippen LogP contribution in [0.5, 0.6) is 0 Å². The van der Waals surface area contributed by atoms with Crippen LogP contribution in [0.3, 0.4) is 0 Å². The van der Waals surface area contributed by atoms with Crippen molar-refractivity contribution in [3.63, 3.8) is 0 Å². The molecule has 0 amide bonds. The minimum atomic E-state index is -2.13. The molecule has 0 spiro atoms. The van der Waals surface area contributed by atoms with Crippen molar-refractivity contribution in [1.29, 1.82) is 0 Å². The lowest BCUT2D eigenvalue weighted by Gasteiger charge is -2.29. The summed E-state index contributed by atoms with van der Waals surface area (Å²) in [5, 5.41) is 3.15. The first-order chi connectivity index (χ1) is 9.43. The maximum atomic E-state index is 13.6. The molecule has 1 aliphatic heterocycles. The fraction of sp³-hybridized carbons (Fsp3) is 0.538. The Labute approximate surface area is 113 Å². The highest BCUT2D eigenvalue weighted by Gasteiger charge is 2.28. The summed E-state index contributed by atoms with van der Waals surface area (Å²) in [6.07, 6.45) is 2.80. The first-order valence-electron chi connectivity index (χ1n) is 6.39. The Balaban J connectivity index is 2.27. The van der Waals surface area contributed by atoms with Crippen LogP contribution in [0.4, 0.5) is 27.6 Å². The predicted molar refractivity (Wildman–Crippen MR) is 65.1 cm³/mol. The topological polar surface area (TPSA) is 15.3 Å². The molecule has 7 heteroatoms. The normalized spacial score (nSPS) is 19.2. The molecule has 1 atom stereocenters. The molecule has 2 rings (SSSR count). The van der Waals surface area contributed by atoms with Gasteiger partial charge in [0.25, 0.3) is 0 Å². The van der Waals surface area contributed by atoms with Crippen molar-refractivity contribution in [3.8, 4) is 0 Å². The summed E-state index contributed by atoms with van der Waals surface area (Å²) in [5.41, 5.74) is -0.881. The molecule has 112 valence electrons. The van der Waals surface area contributed by atoms with Gasteiger partial charge in [0.2, 0.25) is 5.82 Å². The van der Waals surface area contributed by atoms with Crippen molar-refractivity contribution in [2.75, 3.05) is 25.0 Å². The maximum absolute atomic E-state index is 13.6. The van der Waals surface area contributed by atoms with Gasteiger partial charge in [0.05, 0.1) is 0 Å². The van der Waals surface area contributed by atoms with Gasteiger partial charge in [0, 0.05) is 19.6 Å². The number of hydrogen-bond acceptors (Lipinski definition) is 2. The number of hydrogen-bond donors (Lipinski definition) is 1. The lowest BCUT2D eigenvalue weighted by molar-refractivity contribution is 0.373. The van der Waals surface area contributed by atoms with E-state index in [0.29, 0.717) is 0 Å². The molecule has 1 aliphatic rings. The molecular formula is C13H15F5N2. The number of anilines is 1. The first-order valence-corrected chi connectivity index (χ1v) is 6.39. The van der Waals surface area contributed by atoms with Crippen LogP contribution in [0.25, 0.3) is 0 Å². The van der Waals surface area contributed by atoms with Crippen LogP contribution < -0.4 is 10.2 Å². The molecule has 2 nitrogen and oxygen atoms in total. The van der Waals surface area contributed by atoms with Gasteiger partial charge in [-0.3, -0.25) is 0 Å². The molecule has 20 heavy (non-hydrogen) atoms. The van der Waals surface area contributed by atoms with Gasteiger partial charge in [-0.2, -0.15) is 0 Å². The first kappa shape index (κ1) is 15.0. The summed E-state index contributed by atoms with van der Waals surface area (Å²) in [7, 11) is 1.31. The third-order valence-corrected chi connectivity index (χ3v) is 3.47. The molecule has 1 unspecified atom stereocenters. The zero-order valence-corrected chi connectivity index (χ0v) is 10.9. The van der Waals surface area contributed by atoms with Crippen LogP contribution in [0.15, 0.2) is 0 Å². The van der Waals surface area contributed by atoms with Crippen LogP contribution in [0, 0.1) is 29.1 Å². The van der Waals surface area contributed by atoms with Gasteiger partial charge in [-0.05, 0) is 19.4 Å². The average molecular weight is 294 g/mol. The van der Waals surface area contributed by atoms with E-state index in [1.54, 1.807) is 0 Å². The fourth-order valence-electron chi connectivity index (χ4n) is 2.43. The van der Waals surface area contributed by atoms with Crippen LogP contribution in [0.2, 0.25) is 0 Å². The van der Waals surface area contributed by atoms with E-state index in [0.717, 1.165) is 30.7 Å². The Hall–Kier alpha value is -1.37. The van der Waals surface area contributed by atoms with Crippen LogP contribution >= 0.6 is 0 Å². The Morgan fingerprint density at radius 2 is 1.50 bits per heavy atom. The molecule has 0 aliphatic carbocycles. The number of likely N-dealkylation sites (N-methyl/N-ethyl adjacent to an activating group) is 1. The van der Waals surface area contributed by atoms with E-state index >= 15 is 0 Å². The van der Waals surface area contributed by atoms with Crippen molar-refractivity contribution in [3.05, 3.63) is 29.1 Å². The van der Waals surface area contributed by atoms with E-state index in [1.165, 1.54) is 7.05 Å². The highest BCUT2D eigenvalue weighted by Crippen LogP contribution is 2.29. The van der Waals surface area contributed by atoms with Gasteiger partial charge in [0.15, 0.2) is 23.3 Å². The van der Waals surface area contributed by atoms with Crippen molar-refractivity contribution >= 4 is 5.69 Å². The molecule has 1 fully saturated rings. The highest BCUT2D eigenvalue weighted by atomic mass is 19.2. The zero-order chi connectivity index (χ0) is 14.9. The minimum absolute atomic E-state index is 0.0243. The van der Waals surface area contributed by atoms with E-state index in [1.807, 2.05) is 0 Å². The molecule has 0 aromatic heterocycles. The third kappa shape index (κ3) is 2.72. The molecule has 0 radical (unpaired) electrons. The zero-order valence-electron chi connectivity index (χ0n) is 10.9. The minimum Gasteiger partial charge on any atom is -0.368 e. The Kier molecular flexibility index (Phi) is 4.47. The number of nitrogens with one attached hydrogen (secondary N) is 1. The molecule has 1 aromatic rings. The van der Waals surface area contributed by atoms with Gasteiger partial charge < -0.3 is 10.2 Å². The number of rotatable bonds is 3. The molecule has 0 saturated carbocycles.